The van der Waals surface area contributed by atoms with E-state index in [0.29, 0.717) is 12.4 Å². The highest BCUT2D eigenvalue weighted by molar-refractivity contribution is 5.86. The minimum Gasteiger partial charge on any atom is -0.508 e. The lowest BCUT2D eigenvalue weighted by Gasteiger charge is -2.31. The Kier molecular flexibility index (Phi) is 6.00. The third-order valence-corrected chi connectivity index (χ3v) is 6.47. The number of hydrogen-bond donors (Lipinski definition) is 4. The zero-order valence-electron chi connectivity index (χ0n) is 18.1. The summed E-state index contributed by atoms with van der Waals surface area (Å²) in [6.07, 6.45) is 0. The van der Waals surface area contributed by atoms with Crippen LogP contribution < -0.4 is 15.6 Å². The summed E-state index contributed by atoms with van der Waals surface area (Å²) in [5.74, 6) is 0.653. The fourth-order valence-corrected chi connectivity index (χ4v) is 5.00. The van der Waals surface area contributed by atoms with E-state index in [2.05, 4.69) is 10.9 Å². The van der Waals surface area contributed by atoms with E-state index in [1.807, 2.05) is 66.7 Å². The van der Waals surface area contributed by atoms with Crippen LogP contribution in [0.5, 0.6) is 11.5 Å². The second-order valence-corrected chi connectivity index (χ2v) is 8.43. The van der Waals surface area contributed by atoms with Crippen LogP contribution in [0.2, 0.25) is 0 Å². The Morgan fingerprint density at radius 3 is 2.45 bits per heavy atom. The van der Waals surface area contributed by atoms with Crippen LogP contribution in [-0.4, -0.2) is 40.2 Å². The molecule has 7 heteroatoms. The van der Waals surface area contributed by atoms with Crippen molar-refractivity contribution in [2.45, 2.75) is 24.7 Å². The number of aromatic hydroxyl groups is 1. The number of aliphatic hydroxyl groups excluding tert-OH is 1. The molecule has 3 aromatic carbocycles. The van der Waals surface area contributed by atoms with Crippen molar-refractivity contribution in [1.29, 1.82) is 0 Å². The van der Waals surface area contributed by atoms with Gasteiger partial charge in [0.25, 0.3) is 0 Å². The molecular formula is C26H27N3O4. The van der Waals surface area contributed by atoms with Gasteiger partial charge in [0.15, 0.2) is 0 Å². The van der Waals surface area contributed by atoms with Crippen LogP contribution in [0.25, 0.3) is 0 Å². The molecule has 0 aliphatic carbocycles. The van der Waals surface area contributed by atoms with Crippen molar-refractivity contribution in [2.24, 2.45) is 5.92 Å². The fourth-order valence-electron chi connectivity index (χ4n) is 5.00. The number of nitrogens with zero attached hydrogens (tertiary/aromatic N) is 1. The number of carbonyl (C=O) groups excluding carboxylic acids is 1. The smallest absolute Gasteiger partial charge is 0.242 e. The number of benzene rings is 3. The summed E-state index contributed by atoms with van der Waals surface area (Å²) in [6.45, 7) is 0.561. The highest BCUT2D eigenvalue weighted by atomic mass is 16.5. The van der Waals surface area contributed by atoms with Crippen LogP contribution in [0.4, 0.5) is 0 Å². The SMILES string of the molecule is O=C1C2NNC(c3ccccc3O)C2C(c2cccc(OCc3ccccc3)c2)N1CCO. The lowest BCUT2D eigenvalue weighted by molar-refractivity contribution is -0.131. The Balaban J connectivity index is 1.47. The van der Waals surface area contributed by atoms with Gasteiger partial charge in [0, 0.05) is 18.0 Å². The van der Waals surface area contributed by atoms with E-state index in [9.17, 15) is 15.0 Å². The quantitative estimate of drug-likeness (QED) is 0.447. The Hall–Kier alpha value is -3.39. The van der Waals surface area contributed by atoms with Gasteiger partial charge in [-0.1, -0.05) is 60.7 Å². The minimum absolute atomic E-state index is 0.0694. The molecule has 0 aromatic heterocycles. The third kappa shape index (κ3) is 4.06. The average Bonchev–Trinajstić information content (AvgIpc) is 3.38. The maximum atomic E-state index is 13.2. The molecule has 2 heterocycles. The highest BCUT2D eigenvalue weighted by Gasteiger charge is 2.55. The Bertz CT molecular complexity index is 1120. The number of β-amino-alcohol motifs (C(OH)–C–C–N with tert-alkyl or cyclic N) is 1. The molecule has 4 unspecified atom stereocenters. The summed E-state index contributed by atoms with van der Waals surface area (Å²) in [4.78, 5) is 15.0. The van der Waals surface area contributed by atoms with Gasteiger partial charge in [-0.05, 0) is 29.3 Å². The van der Waals surface area contributed by atoms with Gasteiger partial charge in [0.1, 0.15) is 24.1 Å². The van der Waals surface area contributed by atoms with Crippen molar-refractivity contribution >= 4 is 5.91 Å². The van der Waals surface area contributed by atoms with Gasteiger partial charge >= 0.3 is 0 Å². The van der Waals surface area contributed by atoms with Crippen LogP contribution in [0.15, 0.2) is 78.9 Å². The number of hydrazine groups is 1. The summed E-state index contributed by atoms with van der Waals surface area (Å²) < 4.78 is 6.03. The number of hydrogen-bond acceptors (Lipinski definition) is 6. The Morgan fingerprint density at radius 2 is 1.67 bits per heavy atom. The van der Waals surface area contributed by atoms with Gasteiger partial charge < -0.3 is 19.8 Å². The average molecular weight is 446 g/mol. The highest BCUT2D eigenvalue weighted by Crippen LogP contribution is 2.48. The van der Waals surface area contributed by atoms with E-state index in [4.69, 9.17) is 4.74 Å². The predicted molar refractivity (Wildman–Crippen MR) is 123 cm³/mol. The van der Waals surface area contributed by atoms with E-state index in [1.165, 1.54) is 0 Å². The molecule has 1 amide bonds. The standard InChI is InChI=1S/C26H27N3O4/c30-14-13-29-25(18-9-6-10-19(15-18)33-16-17-7-2-1-3-8-17)22-23(27-28-24(22)26(29)32)20-11-4-5-12-21(20)31/h1-12,15,22-25,27-28,30-31H,13-14,16H2. The van der Waals surface area contributed by atoms with Gasteiger partial charge in [-0.2, -0.15) is 0 Å². The normalized spacial score (nSPS) is 24.2. The number of rotatable bonds is 7. The molecule has 2 saturated heterocycles. The zero-order chi connectivity index (χ0) is 22.8. The lowest BCUT2D eigenvalue weighted by atomic mass is 9.83. The first-order valence-corrected chi connectivity index (χ1v) is 11.1. The van der Waals surface area contributed by atoms with Crippen molar-refractivity contribution in [3.8, 4) is 11.5 Å². The molecular weight excluding hydrogens is 418 g/mol. The molecule has 7 nitrogen and oxygen atoms in total. The first-order chi connectivity index (χ1) is 16.2. The largest absolute Gasteiger partial charge is 0.508 e. The maximum absolute atomic E-state index is 13.2. The van der Waals surface area contributed by atoms with Gasteiger partial charge in [0.2, 0.25) is 5.91 Å². The maximum Gasteiger partial charge on any atom is 0.242 e. The number of likely N-dealkylation sites (tertiary alicyclic amines) is 1. The van der Waals surface area contributed by atoms with E-state index in [0.717, 1.165) is 16.7 Å². The van der Waals surface area contributed by atoms with E-state index >= 15 is 0 Å². The molecule has 4 atom stereocenters. The molecule has 0 saturated carbocycles. The van der Waals surface area contributed by atoms with Crippen LogP contribution in [0.1, 0.15) is 28.8 Å². The molecule has 170 valence electrons. The third-order valence-electron chi connectivity index (χ3n) is 6.47. The summed E-state index contributed by atoms with van der Waals surface area (Å²) in [5.41, 5.74) is 9.09. The Morgan fingerprint density at radius 1 is 0.909 bits per heavy atom. The van der Waals surface area contributed by atoms with Crippen molar-refractivity contribution in [2.75, 3.05) is 13.2 Å². The molecule has 2 aliphatic heterocycles. The number of carbonyl (C=O) groups is 1. The zero-order valence-corrected chi connectivity index (χ0v) is 18.1. The number of amides is 1. The van der Waals surface area contributed by atoms with Crippen LogP contribution in [0, 0.1) is 5.92 Å². The number of aliphatic hydroxyl groups is 1. The topological polar surface area (TPSA) is 94.1 Å². The first-order valence-electron chi connectivity index (χ1n) is 11.1. The number of ether oxygens (including phenoxy) is 1. The summed E-state index contributed by atoms with van der Waals surface area (Å²) in [5, 5.41) is 20.1. The number of fused-ring (bicyclic) bond motifs is 1. The minimum atomic E-state index is -0.458. The van der Waals surface area contributed by atoms with Gasteiger partial charge in [0.05, 0.1) is 18.7 Å². The van der Waals surface area contributed by atoms with E-state index < -0.39 is 6.04 Å². The van der Waals surface area contributed by atoms with Crippen molar-refractivity contribution < 1.29 is 19.7 Å². The Labute approximate surface area is 192 Å². The number of nitrogens with one attached hydrogen (secondary N) is 2. The molecule has 4 N–H and O–H groups in total. The number of para-hydroxylation sites is 1. The summed E-state index contributed by atoms with van der Waals surface area (Å²) in [7, 11) is 0. The second-order valence-electron chi connectivity index (χ2n) is 8.43. The summed E-state index contributed by atoms with van der Waals surface area (Å²) >= 11 is 0. The number of phenolic OH excluding ortho intramolecular Hbond substituents is 1. The van der Waals surface area contributed by atoms with E-state index in [1.54, 1.807) is 17.0 Å². The van der Waals surface area contributed by atoms with Crippen molar-refractivity contribution in [3.63, 3.8) is 0 Å². The fraction of sp³-hybridized carbons (Fsp3) is 0.269. The van der Waals surface area contributed by atoms with Gasteiger partial charge in [-0.15, -0.1) is 0 Å². The monoisotopic (exact) mass is 445 g/mol. The predicted octanol–water partition coefficient (Wildman–Crippen LogP) is 2.68. The molecule has 33 heavy (non-hydrogen) atoms. The molecule has 2 fully saturated rings. The van der Waals surface area contributed by atoms with Gasteiger partial charge in [-0.25, -0.2) is 10.9 Å². The van der Waals surface area contributed by atoms with E-state index in [-0.39, 0.29) is 42.8 Å². The lowest BCUT2D eigenvalue weighted by Crippen LogP contribution is -2.42. The molecule has 0 spiro atoms. The van der Waals surface area contributed by atoms with Crippen LogP contribution in [-0.2, 0) is 11.4 Å². The molecule has 3 aromatic rings. The second kappa shape index (κ2) is 9.23. The van der Waals surface area contributed by atoms with Crippen LogP contribution in [0.3, 0.4) is 0 Å². The summed E-state index contributed by atoms with van der Waals surface area (Å²) in [6, 6.07) is 23.9. The van der Waals surface area contributed by atoms with Crippen LogP contribution >= 0.6 is 0 Å². The molecule has 5 rings (SSSR count). The molecule has 0 bridgehead atoms. The first kappa shape index (κ1) is 21.5. The molecule has 2 aliphatic rings. The van der Waals surface area contributed by atoms with Crippen molar-refractivity contribution in [1.82, 2.24) is 15.8 Å². The van der Waals surface area contributed by atoms with Crippen molar-refractivity contribution in [3.05, 3.63) is 95.6 Å². The number of phenols is 1. The molecule has 0 radical (unpaired) electrons. The van der Waals surface area contributed by atoms with Gasteiger partial charge in [-0.3, -0.25) is 4.79 Å².